The summed E-state index contributed by atoms with van der Waals surface area (Å²) >= 11 is 1.42. The number of thiazole rings is 1. The summed E-state index contributed by atoms with van der Waals surface area (Å²) < 4.78 is 10.5. The van der Waals surface area contributed by atoms with Gasteiger partial charge in [-0.2, -0.15) is 0 Å². The van der Waals surface area contributed by atoms with Crippen molar-refractivity contribution in [2.24, 2.45) is 0 Å². The summed E-state index contributed by atoms with van der Waals surface area (Å²) in [4.78, 5) is 25.2. The predicted octanol–water partition coefficient (Wildman–Crippen LogP) is 2.45. The van der Waals surface area contributed by atoms with Crippen LogP contribution in [-0.2, 0) is 6.61 Å². The summed E-state index contributed by atoms with van der Waals surface area (Å²) in [5, 5.41) is 12.7. The van der Waals surface area contributed by atoms with Gasteiger partial charge >= 0.3 is 0 Å². The molecule has 0 saturated heterocycles. The van der Waals surface area contributed by atoms with Crippen molar-refractivity contribution in [2.75, 3.05) is 7.11 Å². The lowest BCUT2D eigenvalue weighted by molar-refractivity contribution is -0.385. The molecule has 0 spiro atoms. The number of rotatable bonds is 6. The highest BCUT2D eigenvalue weighted by Gasteiger charge is 2.19. The maximum Gasteiger partial charge on any atom is 0.283 e. The Labute approximate surface area is 117 Å². The number of hydrogen-bond acceptors (Lipinski definition) is 7. The molecule has 0 fully saturated rings. The Kier molecular flexibility index (Phi) is 4.26. The van der Waals surface area contributed by atoms with Crippen molar-refractivity contribution >= 4 is 23.3 Å². The molecule has 1 aromatic carbocycles. The first-order chi connectivity index (χ1) is 9.65. The second kappa shape index (κ2) is 6.11. The zero-order chi connectivity index (χ0) is 14.5. The van der Waals surface area contributed by atoms with Crippen LogP contribution in [0.3, 0.4) is 0 Å². The molecule has 0 aliphatic carbocycles. The van der Waals surface area contributed by atoms with E-state index in [1.807, 2.05) is 0 Å². The molecule has 0 radical (unpaired) electrons. The van der Waals surface area contributed by atoms with E-state index in [-0.39, 0.29) is 29.4 Å². The fourth-order valence-electron chi connectivity index (χ4n) is 1.55. The number of carbonyl (C=O) groups excluding carboxylic acids is 1. The van der Waals surface area contributed by atoms with Crippen molar-refractivity contribution in [3.8, 4) is 11.5 Å². The Morgan fingerprint density at radius 3 is 2.80 bits per heavy atom. The molecule has 1 heterocycles. The SMILES string of the molecule is COc1cc(C=O)c([N+](=O)[O-])cc1OCc1cscn1. The molecule has 0 atom stereocenters. The fraction of sp³-hybridized carbons (Fsp3) is 0.167. The molecule has 0 bridgehead atoms. The van der Waals surface area contributed by atoms with E-state index in [2.05, 4.69) is 4.98 Å². The van der Waals surface area contributed by atoms with E-state index in [4.69, 9.17) is 9.47 Å². The zero-order valence-corrected chi connectivity index (χ0v) is 11.3. The Balaban J connectivity index is 2.32. The molecule has 2 rings (SSSR count). The van der Waals surface area contributed by atoms with Gasteiger partial charge in [-0.05, 0) is 0 Å². The van der Waals surface area contributed by atoms with Crippen LogP contribution in [0.15, 0.2) is 23.0 Å². The van der Waals surface area contributed by atoms with Gasteiger partial charge in [-0.25, -0.2) is 4.98 Å². The largest absolute Gasteiger partial charge is 0.493 e. The lowest BCUT2D eigenvalue weighted by atomic mass is 10.1. The van der Waals surface area contributed by atoms with Crippen molar-refractivity contribution in [3.05, 3.63) is 44.4 Å². The lowest BCUT2D eigenvalue weighted by Crippen LogP contribution is -2.01. The van der Waals surface area contributed by atoms with E-state index < -0.39 is 4.92 Å². The fourth-order valence-corrected chi connectivity index (χ4v) is 2.09. The summed E-state index contributed by atoms with van der Waals surface area (Å²) in [6.45, 7) is 0.164. The zero-order valence-electron chi connectivity index (χ0n) is 10.4. The number of nitro benzene ring substituents is 1. The smallest absolute Gasteiger partial charge is 0.283 e. The van der Waals surface area contributed by atoms with Crippen molar-refractivity contribution in [3.63, 3.8) is 0 Å². The van der Waals surface area contributed by atoms with E-state index in [0.717, 1.165) is 0 Å². The van der Waals surface area contributed by atoms with E-state index in [9.17, 15) is 14.9 Å². The van der Waals surface area contributed by atoms with Gasteiger partial charge in [-0.15, -0.1) is 11.3 Å². The third kappa shape index (κ3) is 2.91. The van der Waals surface area contributed by atoms with Crippen molar-refractivity contribution in [1.82, 2.24) is 4.98 Å². The minimum absolute atomic E-state index is 0.0622. The molecule has 20 heavy (non-hydrogen) atoms. The first-order valence-corrected chi connectivity index (χ1v) is 6.41. The van der Waals surface area contributed by atoms with Gasteiger partial charge in [0.2, 0.25) is 0 Å². The topological polar surface area (TPSA) is 91.6 Å². The second-order valence-electron chi connectivity index (χ2n) is 3.71. The third-order valence-electron chi connectivity index (χ3n) is 2.50. The number of aromatic nitrogens is 1. The molecular weight excluding hydrogens is 284 g/mol. The average molecular weight is 294 g/mol. The van der Waals surface area contributed by atoms with Crippen LogP contribution in [0.1, 0.15) is 16.1 Å². The van der Waals surface area contributed by atoms with Crippen LogP contribution in [0.4, 0.5) is 5.69 Å². The Bertz CT molecular complexity index is 627. The number of aldehydes is 1. The number of benzene rings is 1. The van der Waals surface area contributed by atoms with E-state index in [1.54, 1.807) is 10.9 Å². The minimum atomic E-state index is -0.640. The van der Waals surface area contributed by atoms with Crippen LogP contribution in [0.25, 0.3) is 0 Å². The number of ether oxygens (including phenoxy) is 2. The summed E-state index contributed by atoms with van der Waals surface area (Å²) in [5.41, 5.74) is 1.98. The summed E-state index contributed by atoms with van der Waals surface area (Å²) in [6, 6.07) is 2.45. The van der Waals surface area contributed by atoms with Gasteiger partial charge in [0.25, 0.3) is 5.69 Å². The minimum Gasteiger partial charge on any atom is -0.493 e. The number of hydrogen-bond donors (Lipinski definition) is 0. The molecule has 0 aliphatic rings. The molecule has 0 saturated carbocycles. The molecule has 8 heteroatoms. The van der Waals surface area contributed by atoms with Crippen LogP contribution in [-0.4, -0.2) is 23.3 Å². The quantitative estimate of drug-likeness (QED) is 0.461. The number of nitro groups is 1. The normalized spacial score (nSPS) is 10.1. The monoisotopic (exact) mass is 294 g/mol. The Morgan fingerprint density at radius 1 is 1.45 bits per heavy atom. The Hall–Kier alpha value is -2.48. The van der Waals surface area contributed by atoms with E-state index >= 15 is 0 Å². The average Bonchev–Trinajstić information content (AvgIpc) is 2.97. The van der Waals surface area contributed by atoms with Gasteiger partial charge in [0, 0.05) is 11.4 Å². The van der Waals surface area contributed by atoms with Crippen molar-refractivity contribution in [2.45, 2.75) is 6.61 Å². The highest BCUT2D eigenvalue weighted by molar-refractivity contribution is 7.07. The molecule has 0 amide bonds. The number of methoxy groups -OCH3 is 1. The first kappa shape index (κ1) is 13.9. The van der Waals surface area contributed by atoms with Gasteiger partial charge in [0.15, 0.2) is 17.8 Å². The maximum absolute atomic E-state index is 10.9. The molecule has 0 unspecified atom stereocenters. The van der Waals surface area contributed by atoms with E-state index in [1.165, 1.54) is 30.6 Å². The molecule has 104 valence electrons. The molecule has 0 aliphatic heterocycles. The summed E-state index contributed by atoms with van der Waals surface area (Å²) in [6.07, 6.45) is 0.408. The molecule has 7 nitrogen and oxygen atoms in total. The summed E-state index contributed by atoms with van der Waals surface area (Å²) in [5.74, 6) is 0.450. The van der Waals surface area contributed by atoms with Gasteiger partial charge in [-0.1, -0.05) is 0 Å². The molecule has 0 N–H and O–H groups in total. The Morgan fingerprint density at radius 2 is 2.25 bits per heavy atom. The van der Waals surface area contributed by atoms with Crippen molar-refractivity contribution in [1.29, 1.82) is 0 Å². The lowest BCUT2D eigenvalue weighted by Gasteiger charge is -2.10. The summed E-state index contributed by atoms with van der Waals surface area (Å²) in [7, 11) is 1.39. The second-order valence-corrected chi connectivity index (χ2v) is 4.42. The molecular formula is C12H10N2O5S. The van der Waals surface area contributed by atoms with Gasteiger partial charge in [-0.3, -0.25) is 14.9 Å². The van der Waals surface area contributed by atoms with Crippen molar-refractivity contribution < 1.29 is 19.2 Å². The van der Waals surface area contributed by atoms with Crippen LogP contribution >= 0.6 is 11.3 Å². The van der Waals surface area contributed by atoms with Crippen LogP contribution < -0.4 is 9.47 Å². The van der Waals surface area contributed by atoms with Crippen LogP contribution in [0.2, 0.25) is 0 Å². The van der Waals surface area contributed by atoms with Gasteiger partial charge < -0.3 is 9.47 Å². The first-order valence-electron chi connectivity index (χ1n) is 5.47. The number of carbonyl (C=O) groups is 1. The highest BCUT2D eigenvalue weighted by atomic mass is 32.1. The standard InChI is InChI=1S/C12H10N2O5S/c1-18-11-2-8(4-15)10(14(16)17)3-12(11)19-5-9-6-20-7-13-9/h2-4,6-7H,5H2,1H3. The van der Waals surface area contributed by atoms with Crippen LogP contribution in [0.5, 0.6) is 11.5 Å². The number of nitrogens with zero attached hydrogens (tertiary/aromatic N) is 2. The third-order valence-corrected chi connectivity index (χ3v) is 3.13. The molecule has 2 aromatic rings. The highest BCUT2D eigenvalue weighted by Crippen LogP contribution is 2.34. The van der Waals surface area contributed by atoms with Gasteiger partial charge in [0.1, 0.15) is 6.61 Å². The van der Waals surface area contributed by atoms with Gasteiger partial charge in [0.05, 0.1) is 34.9 Å². The maximum atomic E-state index is 10.9. The predicted molar refractivity (Wildman–Crippen MR) is 71.5 cm³/mol. The molecule has 1 aromatic heterocycles. The van der Waals surface area contributed by atoms with Crippen LogP contribution in [0, 0.1) is 10.1 Å². The van der Waals surface area contributed by atoms with E-state index in [0.29, 0.717) is 12.0 Å².